The molecule has 0 spiro atoms. The van der Waals surface area contributed by atoms with Gasteiger partial charge in [-0.3, -0.25) is 38.6 Å². The summed E-state index contributed by atoms with van der Waals surface area (Å²) in [7, 11) is 0. The number of rotatable bonds is 22. The Morgan fingerprint density at radius 3 is 2.11 bits per heavy atom. The summed E-state index contributed by atoms with van der Waals surface area (Å²) in [5.74, 6) is -7.63. The largest absolute Gasteiger partial charge is 0.480 e. The van der Waals surface area contributed by atoms with Crippen LogP contribution < -0.4 is 49.9 Å². The third-order valence-corrected chi connectivity index (χ3v) is 8.36. The second kappa shape index (κ2) is 20.9. The minimum Gasteiger partial charge on any atom is -0.480 e. The zero-order chi connectivity index (χ0) is 39.8. The fraction of sp³-hybridized carbons (Fsp3) is 0.613. The maximum Gasteiger partial charge on any atom is 0.326 e. The molecule has 2 heterocycles. The standard InChI is InChI=1S/C31H51N13O9/c1-15(2)24(34)28(50)40-17(7-8-22(32)45)25(47)42-19(11-16-13-37-14-39-16)26(48)43-20(12-23(33)46)29(51)44-10-4-6-21(44)27(49)41-18(30(52)53)5-3-9-38-31(35)36/h13-15,17-21,24H,3-12,34H2,1-2H3,(H2,32,45)(H2,33,46)(H,37,39)(H,40,50)(H,41,49)(H,42,47)(H,43,48)(H,52,53)(H4,35,36,38)/t17-,18-,19-,20-,21-,24-/m0/s1. The predicted octanol–water partition coefficient (Wildman–Crippen LogP) is -4.86. The number of hydrogen-bond donors (Lipinski definition) is 11. The third-order valence-electron chi connectivity index (χ3n) is 8.36. The lowest BCUT2D eigenvalue weighted by molar-refractivity contribution is -0.145. The Kier molecular flexibility index (Phi) is 17.1. The van der Waals surface area contributed by atoms with E-state index in [2.05, 4.69) is 36.2 Å². The molecule has 1 aromatic heterocycles. The fourth-order valence-corrected chi connectivity index (χ4v) is 5.43. The van der Waals surface area contributed by atoms with E-state index in [9.17, 15) is 43.5 Å². The molecule has 1 aliphatic heterocycles. The average molecular weight is 750 g/mol. The van der Waals surface area contributed by atoms with E-state index >= 15 is 0 Å². The van der Waals surface area contributed by atoms with Crippen molar-refractivity contribution in [1.29, 1.82) is 0 Å². The lowest BCUT2D eigenvalue weighted by Crippen LogP contribution is -2.60. The van der Waals surface area contributed by atoms with Crippen LogP contribution in [0.2, 0.25) is 0 Å². The number of aliphatic imine (C=N–C) groups is 1. The number of hydrogen-bond acceptors (Lipinski definition) is 11. The van der Waals surface area contributed by atoms with Gasteiger partial charge in [0.15, 0.2) is 5.96 Å². The summed E-state index contributed by atoms with van der Waals surface area (Å²) in [6.07, 6.45) is 2.02. The highest BCUT2D eigenvalue weighted by Crippen LogP contribution is 2.20. The SMILES string of the molecule is CC(C)[C@H](N)C(=O)N[C@@H](CCC(N)=O)C(=O)N[C@@H](Cc1cnc[nH]1)C(=O)N[C@@H](CC(N)=O)C(=O)N1CCC[C@H]1C(=O)N[C@@H](CCCN=C(N)N)C(=O)O. The average Bonchev–Trinajstić information content (AvgIpc) is 3.78. The quantitative estimate of drug-likeness (QED) is 0.0301. The fourth-order valence-electron chi connectivity index (χ4n) is 5.43. The molecule has 294 valence electrons. The van der Waals surface area contributed by atoms with Crippen molar-refractivity contribution in [3.05, 3.63) is 18.2 Å². The number of carbonyl (C=O) groups is 8. The molecular weight excluding hydrogens is 698 g/mol. The van der Waals surface area contributed by atoms with E-state index in [1.807, 2.05) is 0 Å². The van der Waals surface area contributed by atoms with Gasteiger partial charge in [0.2, 0.25) is 41.4 Å². The molecule has 1 aromatic rings. The van der Waals surface area contributed by atoms with Crippen LogP contribution in [0, 0.1) is 5.92 Å². The minimum absolute atomic E-state index is 0.0140. The highest BCUT2D eigenvalue weighted by molar-refractivity contribution is 5.98. The van der Waals surface area contributed by atoms with E-state index in [1.165, 1.54) is 12.5 Å². The number of carbonyl (C=O) groups excluding carboxylic acids is 7. The van der Waals surface area contributed by atoms with Gasteiger partial charge in [-0.1, -0.05) is 13.8 Å². The highest BCUT2D eigenvalue weighted by Gasteiger charge is 2.40. The Bertz CT molecular complexity index is 1500. The number of aliphatic carboxylic acids is 1. The van der Waals surface area contributed by atoms with E-state index in [-0.39, 0.29) is 63.5 Å². The molecule has 2 rings (SSSR count). The number of guanidine groups is 1. The monoisotopic (exact) mass is 749 g/mol. The number of carboxylic acids is 1. The molecule has 0 unspecified atom stereocenters. The van der Waals surface area contributed by atoms with E-state index in [1.54, 1.807) is 13.8 Å². The smallest absolute Gasteiger partial charge is 0.326 e. The number of aromatic amines is 1. The van der Waals surface area contributed by atoms with Crippen LogP contribution in [-0.2, 0) is 44.8 Å². The number of primary amides is 2. The number of likely N-dealkylation sites (tertiary alicyclic amines) is 1. The summed E-state index contributed by atoms with van der Waals surface area (Å²) >= 11 is 0. The number of H-pyrrole nitrogens is 1. The number of amides is 7. The van der Waals surface area contributed by atoms with Gasteiger partial charge in [-0.15, -0.1) is 0 Å². The second-order valence-electron chi connectivity index (χ2n) is 12.9. The first-order valence-corrected chi connectivity index (χ1v) is 17.0. The van der Waals surface area contributed by atoms with Crippen LogP contribution in [0.25, 0.3) is 0 Å². The van der Waals surface area contributed by atoms with Crippen LogP contribution in [0.15, 0.2) is 17.5 Å². The van der Waals surface area contributed by atoms with Gasteiger partial charge in [-0.25, -0.2) is 9.78 Å². The van der Waals surface area contributed by atoms with Gasteiger partial charge in [-0.2, -0.15) is 0 Å². The van der Waals surface area contributed by atoms with Gasteiger partial charge in [0.05, 0.1) is 18.8 Å². The van der Waals surface area contributed by atoms with E-state index in [0.29, 0.717) is 12.1 Å². The van der Waals surface area contributed by atoms with Gasteiger partial charge < -0.3 is 64.9 Å². The van der Waals surface area contributed by atoms with Crippen molar-refractivity contribution < 1.29 is 43.5 Å². The van der Waals surface area contributed by atoms with E-state index in [4.69, 9.17) is 28.7 Å². The molecule has 22 heteroatoms. The van der Waals surface area contributed by atoms with Gasteiger partial charge in [-0.05, 0) is 38.0 Å². The van der Waals surface area contributed by atoms with Gasteiger partial charge >= 0.3 is 5.97 Å². The summed E-state index contributed by atoms with van der Waals surface area (Å²) in [6.45, 7) is 3.56. The molecule has 1 aliphatic rings. The van der Waals surface area contributed by atoms with Crippen molar-refractivity contribution >= 4 is 53.3 Å². The molecular formula is C31H51N13O9. The number of aromatic nitrogens is 2. The van der Waals surface area contributed by atoms with Crippen molar-refractivity contribution in [3.8, 4) is 0 Å². The molecule has 0 aliphatic carbocycles. The lowest BCUT2D eigenvalue weighted by Gasteiger charge is -2.30. The Hall–Kier alpha value is -5.80. The summed E-state index contributed by atoms with van der Waals surface area (Å²) in [6, 6.07) is -7.83. The summed E-state index contributed by atoms with van der Waals surface area (Å²) in [5, 5.41) is 19.5. The highest BCUT2D eigenvalue weighted by atomic mass is 16.4. The first-order valence-electron chi connectivity index (χ1n) is 17.0. The Morgan fingerprint density at radius 1 is 0.906 bits per heavy atom. The van der Waals surface area contributed by atoms with Crippen LogP contribution in [0.3, 0.4) is 0 Å². The number of imidazole rings is 1. The molecule has 0 bridgehead atoms. The normalized spacial score (nSPS) is 16.7. The van der Waals surface area contributed by atoms with Gasteiger partial charge in [0, 0.05) is 37.8 Å². The van der Waals surface area contributed by atoms with Gasteiger partial charge in [0.1, 0.15) is 30.2 Å². The summed E-state index contributed by atoms with van der Waals surface area (Å²) in [4.78, 5) is 114. The molecule has 6 atom stereocenters. The predicted molar refractivity (Wildman–Crippen MR) is 187 cm³/mol. The molecule has 0 saturated carbocycles. The molecule has 1 fully saturated rings. The van der Waals surface area contributed by atoms with Gasteiger partial charge in [0.25, 0.3) is 0 Å². The summed E-state index contributed by atoms with van der Waals surface area (Å²) in [5.41, 5.74) is 27.6. The van der Waals surface area contributed by atoms with E-state index in [0.717, 1.165) is 4.90 Å². The number of carboxylic acid groups (broad SMARTS) is 1. The van der Waals surface area contributed by atoms with Crippen molar-refractivity contribution in [2.45, 2.75) is 101 Å². The minimum atomic E-state index is -1.60. The topological polar surface area (TPSA) is 379 Å². The second-order valence-corrected chi connectivity index (χ2v) is 12.9. The zero-order valence-corrected chi connectivity index (χ0v) is 29.7. The van der Waals surface area contributed by atoms with Crippen molar-refractivity contribution in [2.24, 2.45) is 39.6 Å². The van der Waals surface area contributed by atoms with Crippen molar-refractivity contribution in [3.63, 3.8) is 0 Å². The maximum absolute atomic E-state index is 13.8. The molecule has 0 aromatic carbocycles. The number of nitrogens with zero attached hydrogens (tertiary/aromatic N) is 3. The van der Waals surface area contributed by atoms with Crippen LogP contribution in [0.4, 0.5) is 0 Å². The van der Waals surface area contributed by atoms with Crippen molar-refractivity contribution in [2.75, 3.05) is 13.1 Å². The lowest BCUT2D eigenvalue weighted by atomic mass is 10.0. The number of nitrogens with one attached hydrogen (secondary N) is 5. The summed E-state index contributed by atoms with van der Waals surface area (Å²) < 4.78 is 0. The van der Waals surface area contributed by atoms with Crippen LogP contribution in [-0.4, -0.2) is 123 Å². The van der Waals surface area contributed by atoms with Crippen LogP contribution >= 0.6 is 0 Å². The Labute approximate surface area is 305 Å². The molecule has 53 heavy (non-hydrogen) atoms. The zero-order valence-electron chi connectivity index (χ0n) is 29.7. The Balaban J connectivity index is 2.30. The van der Waals surface area contributed by atoms with Crippen molar-refractivity contribution in [1.82, 2.24) is 36.1 Å². The third kappa shape index (κ3) is 14.4. The molecule has 7 amide bonds. The van der Waals surface area contributed by atoms with E-state index < -0.39 is 90.0 Å². The maximum atomic E-state index is 13.8. The van der Waals surface area contributed by atoms with Crippen LogP contribution in [0.5, 0.6) is 0 Å². The first kappa shape index (κ1) is 43.4. The molecule has 1 saturated heterocycles. The number of nitrogens with two attached hydrogens (primary N) is 5. The molecule has 22 nitrogen and oxygen atoms in total. The molecule has 16 N–H and O–H groups in total. The Morgan fingerprint density at radius 2 is 1.55 bits per heavy atom. The molecule has 0 radical (unpaired) electrons. The van der Waals surface area contributed by atoms with Crippen LogP contribution in [0.1, 0.15) is 64.5 Å². The first-order chi connectivity index (χ1) is 24.9.